The first-order valence-electron chi connectivity index (χ1n) is 6.34. The lowest BCUT2D eigenvalue weighted by molar-refractivity contribution is 0.449. The Morgan fingerprint density at radius 2 is 2.25 bits per heavy atom. The zero-order valence-corrected chi connectivity index (χ0v) is 11.3. The first-order chi connectivity index (χ1) is 7.60. The molecule has 2 N–H and O–H groups in total. The molecule has 0 aliphatic heterocycles. The maximum Gasteiger partial charge on any atom is 0.0946 e. The van der Waals surface area contributed by atoms with Crippen LogP contribution in [0.25, 0.3) is 0 Å². The Morgan fingerprint density at radius 3 is 2.94 bits per heavy atom. The van der Waals surface area contributed by atoms with Crippen LogP contribution in [-0.4, -0.2) is 11.0 Å². The summed E-state index contributed by atoms with van der Waals surface area (Å²) in [6, 6.07) is 0.278. The van der Waals surface area contributed by atoms with E-state index in [2.05, 4.69) is 20.8 Å². The fourth-order valence-electron chi connectivity index (χ4n) is 2.53. The SMILES string of the molecule is CCC(N)Cc1nc2c(s1)C(C)CC(C)C2. The molecule has 3 atom stereocenters. The van der Waals surface area contributed by atoms with Gasteiger partial charge in [0.1, 0.15) is 0 Å². The van der Waals surface area contributed by atoms with Crippen LogP contribution in [0.5, 0.6) is 0 Å². The highest BCUT2D eigenvalue weighted by Gasteiger charge is 2.25. The van der Waals surface area contributed by atoms with Gasteiger partial charge in [0.2, 0.25) is 0 Å². The Labute approximate surface area is 102 Å². The van der Waals surface area contributed by atoms with E-state index in [0.717, 1.165) is 25.2 Å². The standard InChI is InChI=1S/C13H22N2S/c1-4-10(14)7-12-15-11-6-8(2)5-9(3)13(11)16-12/h8-10H,4-7,14H2,1-3H3. The van der Waals surface area contributed by atoms with E-state index in [1.807, 2.05) is 11.3 Å². The number of hydrogen-bond donors (Lipinski definition) is 1. The van der Waals surface area contributed by atoms with E-state index in [1.165, 1.54) is 22.0 Å². The van der Waals surface area contributed by atoms with Gasteiger partial charge in [-0.3, -0.25) is 0 Å². The molecule has 0 spiro atoms. The summed E-state index contributed by atoms with van der Waals surface area (Å²) in [5.74, 6) is 1.49. The largest absolute Gasteiger partial charge is 0.327 e. The van der Waals surface area contributed by atoms with Gasteiger partial charge in [-0.1, -0.05) is 20.8 Å². The third kappa shape index (κ3) is 2.46. The van der Waals surface area contributed by atoms with Gasteiger partial charge in [0.25, 0.3) is 0 Å². The maximum absolute atomic E-state index is 5.99. The minimum Gasteiger partial charge on any atom is -0.327 e. The van der Waals surface area contributed by atoms with Gasteiger partial charge in [-0.2, -0.15) is 0 Å². The number of nitrogens with two attached hydrogens (primary N) is 1. The van der Waals surface area contributed by atoms with Gasteiger partial charge in [0.05, 0.1) is 10.7 Å². The van der Waals surface area contributed by atoms with Gasteiger partial charge >= 0.3 is 0 Å². The Balaban J connectivity index is 2.16. The third-order valence-corrected chi connectivity index (χ3v) is 4.83. The predicted octanol–water partition coefficient (Wildman–Crippen LogP) is 3.11. The average Bonchev–Trinajstić information content (AvgIpc) is 2.60. The number of hydrogen-bond acceptors (Lipinski definition) is 3. The van der Waals surface area contributed by atoms with E-state index in [-0.39, 0.29) is 6.04 Å². The second kappa shape index (κ2) is 4.84. The molecule has 16 heavy (non-hydrogen) atoms. The molecule has 1 heterocycles. The quantitative estimate of drug-likeness (QED) is 0.879. The molecule has 0 bridgehead atoms. The molecule has 2 rings (SSSR count). The van der Waals surface area contributed by atoms with Gasteiger partial charge in [0, 0.05) is 17.3 Å². The van der Waals surface area contributed by atoms with Gasteiger partial charge in [-0.05, 0) is 31.1 Å². The molecule has 3 heteroatoms. The summed E-state index contributed by atoms with van der Waals surface area (Å²) in [5.41, 5.74) is 7.35. The van der Waals surface area contributed by atoms with Crippen LogP contribution >= 0.6 is 11.3 Å². The van der Waals surface area contributed by atoms with Crippen LogP contribution in [0, 0.1) is 5.92 Å². The molecule has 0 saturated heterocycles. The van der Waals surface area contributed by atoms with Crippen molar-refractivity contribution in [3.8, 4) is 0 Å². The first kappa shape index (κ1) is 12.1. The number of fused-ring (bicyclic) bond motifs is 1. The monoisotopic (exact) mass is 238 g/mol. The Kier molecular flexibility index (Phi) is 3.65. The molecule has 1 aliphatic carbocycles. The molecule has 2 nitrogen and oxygen atoms in total. The summed E-state index contributed by atoms with van der Waals surface area (Å²) in [6.07, 6.45) is 4.47. The summed E-state index contributed by atoms with van der Waals surface area (Å²) in [5, 5.41) is 1.25. The topological polar surface area (TPSA) is 38.9 Å². The van der Waals surface area contributed by atoms with Crippen LogP contribution in [0.3, 0.4) is 0 Å². The normalized spacial score (nSPS) is 26.5. The number of nitrogens with zero attached hydrogens (tertiary/aromatic N) is 1. The summed E-state index contributed by atoms with van der Waals surface area (Å²) in [7, 11) is 0. The fraction of sp³-hybridized carbons (Fsp3) is 0.769. The lowest BCUT2D eigenvalue weighted by Gasteiger charge is -2.22. The smallest absolute Gasteiger partial charge is 0.0946 e. The van der Waals surface area contributed by atoms with E-state index >= 15 is 0 Å². The highest BCUT2D eigenvalue weighted by molar-refractivity contribution is 7.11. The molecule has 1 aromatic rings. The average molecular weight is 238 g/mol. The fourth-order valence-corrected chi connectivity index (χ4v) is 3.78. The minimum atomic E-state index is 0.278. The van der Waals surface area contributed by atoms with Crippen molar-refractivity contribution in [3.63, 3.8) is 0 Å². The Bertz CT molecular complexity index is 359. The molecule has 0 amide bonds. The molecule has 1 aliphatic rings. The maximum atomic E-state index is 5.99. The van der Waals surface area contributed by atoms with Crippen LogP contribution in [0.15, 0.2) is 0 Å². The van der Waals surface area contributed by atoms with Crippen molar-refractivity contribution in [1.82, 2.24) is 4.98 Å². The van der Waals surface area contributed by atoms with Crippen LogP contribution in [-0.2, 0) is 12.8 Å². The molecule has 0 aromatic carbocycles. The molecule has 90 valence electrons. The number of aromatic nitrogens is 1. The van der Waals surface area contributed by atoms with E-state index in [4.69, 9.17) is 10.7 Å². The lowest BCUT2D eigenvalue weighted by Crippen LogP contribution is -2.21. The lowest BCUT2D eigenvalue weighted by atomic mass is 9.86. The third-order valence-electron chi connectivity index (χ3n) is 3.48. The van der Waals surface area contributed by atoms with Gasteiger partial charge in [-0.25, -0.2) is 4.98 Å². The number of rotatable bonds is 3. The zero-order chi connectivity index (χ0) is 11.7. The minimum absolute atomic E-state index is 0.278. The molecular weight excluding hydrogens is 216 g/mol. The van der Waals surface area contributed by atoms with Crippen LogP contribution in [0.4, 0.5) is 0 Å². The highest BCUT2D eigenvalue weighted by atomic mass is 32.1. The van der Waals surface area contributed by atoms with Crippen LogP contribution in [0.2, 0.25) is 0 Å². The Morgan fingerprint density at radius 1 is 1.50 bits per heavy atom. The van der Waals surface area contributed by atoms with Crippen molar-refractivity contribution >= 4 is 11.3 Å². The molecule has 0 radical (unpaired) electrons. The summed E-state index contributed by atoms with van der Waals surface area (Å²) < 4.78 is 0. The molecule has 1 aromatic heterocycles. The van der Waals surface area contributed by atoms with Crippen LogP contribution < -0.4 is 5.73 Å². The molecule has 0 saturated carbocycles. The van der Waals surface area contributed by atoms with Crippen LogP contribution in [0.1, 0.15) is 55.1 Å². The predicted molar refractivity (Wildman–Crippen MR) is 70.0 cm³/mol. The second-order valence-electron chi connectivity index (χ2n) is 5.24. The molecule has 3 unspecified atom stereocenters. The van der Waals surface area contributed by atoms with Gasteiger partial charge < -0.3 is 5.73 Å². The molecule has 0 fully saturated rings. The molecular formula is C13H22N2S. The van der Waals surface area contributed by atoms with Crippen molar-refractivity contribution < 1.29 is 0 Å². The van der Waals surface area contributed by atoms with E-state index < -0.39 is 0 Å². The van der Waals surface area contributed by atoms with Crippen molar-refractivity contribution in [2.75, 3.05) is 0 Å². The van der Waals surface area contributed by atoms with Crippen molar-refractivity contribution in [2.45, 2.75) is 58.4 Å². The van der Waals surface area contributed by atoms with E-state index in [9.17, 15) is 0 Å². The zero-order valence-electron chi connectivity index (χ0n) is 10.5. The van der Waals surface area contributed by atoms with E-state index in [1.54, 1.807) is 0 Å². The number of thiazole rings is 1. The summed E-state index contributed by atoms with van der Waals surface area (Å²) >= 11 is 1.90. The van der Waals surface area contributed by atoms with Gasteiger partial charge in [0.15, 0.2) is 0 Å². The van der Waals surface area contributed by atoms with E-state index in [0.29, 0.717) is 5.92 Å². The second-order valence-corrected chi connectivity index (χ2v) is 6.35. The summed E-state index contributed by atoms with van der Waals surface area (Å²) in [4.78, 5) is 6.30. The van der Waals surface area contributed by atoms with Crippen molar-refractivity contribution in [1.29, 1.82) is 0 Å². The first-order valence-corrected chi connectivity index (χ1v) is 7.15. The highest BCUT2D eigenvalue weighted by Crippen LogP contribution is 2.38. The van der Waals surface area contributed by atoms with Crippen molar-refractivity contribution in [2.24, 2.45) is 11.7 Å². The van der Waals surface area contributed by atoms with Crippen molar-refractivity contribution in [3.05, 3.63) is 15.6 Å². The van der Waals surface area contributed by atoms with Gasteiger partial charge in [-0.15, -0.1) is 11.3 Å². The Hall–Kier alpha value is -0.410. The summed E-state index contributed by atoms with van der Waals surface area (Å²) in [6.45, 7) is 6.80.